The highest BCUT2D eigenvalue weighted by Gasteiger charge is 2.41. The average Bonchev–Trinajstić information content (AvgIpc) is 3.24. The number of pyridine rings is 1. The second-order valence-electron chi connectivity index (χ2n) is 7.78. The lowest BCUT2D eigenvalue weighted by Gasteiger charge is -2.36. The van der Waals surface area contributed by atoms with Gasteiger partial charge in [-0.05, 0) is 36.4 Å². The molecule has 2 aliphatic heterocycles. The first-order chi connectivity index (χ1) is 16.9. The van der Waals surface area contributed by atoms with Crippen molar-refractivity contribution >= 4 is 34.5 Å². The lowest BCUT2D eigenvalue weighted by molar-refractivity contribution is -0.384. The molecular weight excluding hydrogens is 470 g/mol. The van der Waals surface area contributed by atoms with Gasteiger partial charge in [0.2, 0.25) is 5.91 Å². The van der Waals surface area contributed by atoms with Gasteiger partial charge in [0.05, 0.1) is 35.3 Å². The van der Waals surface area contributed by atoms with Gasteiger partial charge >= 0.3 is 5.97 Å². The number of benzene rings is 1. The third-order valence-corrected chi connectivity index (χ3v) is 6.34. The monoisotopic (exact) mass is 493 g/mol. The maximum absolute atomic E-state index is 13.0. The smallest absolute Gasteiger partial charge is 0.338 e. The summed E-state index contributed by atoms with van der Waals surface area (Å²) in [5.74, 6) is -0.773. The number of non-ortho nitro benzene ring substituents is 1. The molecule has 0 unspecified atom stereocenters. The molecule has 4 rings (SSSR count). The highest BCUT2D eigenvalue weighted by molar-refractivity contribution is 8.16. The van der Waals surface area contributed by atoms with E-state index >= 15 is 0 Å². The topological polar surface area (TPSA) is 127 Å². The van der Waals surface area contributed by atoms with Gasteiger partial charge in [0.25, 0.3) is 5.69 Å². The van der Waals surface area contributed by atoms with E-state index in [1.165, 1.54) is 23.9 Å². The Hall–Kier alpha value is -3.99. The van der Waals surface area contributed by atoms with Crippen molar-refractivity contribution in [1.29, 1.82) is 0 Å². The first-order valence-corrected chi connectivity index (χ1v) is 11.8. The number of allylic oxidation sites excluding steroid dienone is 1. The fraction of sp³-hybridized carbons (Fsp3) is 0.250. The van der Waals surface area contributed by atoms with Crippen LogP contribution in [0.2, 0.25) is 0 Å². The molecule has 180 valence electrons. The minimum absolute atomic E-state index is 0.0346. The maximum Gasteiger partial charge on any atom is 0.338 e. The Morgan fingerprint density at radius 1 is 1.29 bits per heavy atom. The summed E-state index contributed by atoms with van der Waals surface area (Å²) in [6, 6.07) is 9.05. The van der Waals surface area contributed by atoms with Crippen LogP contribution in [0.5, 0.6) is 0 Å². The number of esters is 1. The molecule has 1 atom stereocenters. The summed E-state index contributed by atoms with van der Waals surface area (Å²) in [4.78, 5) is 47.1. The van der Waals surface area contributed by atoms with Gasteiger partial charge in [-0.1, -0.05) is 30.0 Å². The summed E-state index contributed by atoms with van der Waals surface area (Å²) in [7, 11) is 0. The SMILES string of the molecule is CCOC(=O)C1=C(C)N=C2SC=C(CC(=O)NCc3cccnc3)N2[C@@H]1c1cccc([N+](=O)[O-])c1. The largest absolute Gasteiger partial charge is 0.463 e. The fourth-order valence-electron chi connectivity index (χ4n) is 3.89. The zero-order chi connectivity index (χ0) is 24.9. The van der Waals surface area contributed by atoms with E-state index in [1.54, 1.807) is 49.3 Å². The Bertz CT molecular complexity index is 1260. The van der Waals surface area contributed by atoms with Crippen molar-refractivity contribution in [1.82, 2.24) is 15.2 Å². The lowest BCUT2D eigenvalue weighted by atomic mass is 9.93. The van der Waals surface area contributed by atoms with Crippen molar-refractivity contribution in [2.24, 2.45) is 4.99 Å². The molecule has 10 nitrogen and oxygen atoms in total. The number of aromatic nitrogens is 1. The van der Waals surface area contributed by atoms with Crippen molar-refractivity contribution in [3.05, 3.63) is 92.4 Å². The van der Waals surface area contributed by atoms with Crippen LogP contribution in [-0.4, -0.2) is 38.5 Å². The van der Waals surface area contributed by atoms with Crippen LogP contribution in [0, 0.1) is 10.1 Å². The Labute approximate surface area is 205 Å². The van der Waals surface area contributed by atoms with E-state index in [4.69, 9.17) is 4.74 Å². The maximum atomic E-state index is 13.0. The Kier molecular flexibility index (Phi) is 7.25. The zero-order valence-corrected chi connectivity index (χ0v) is 19.9. The molecule has 0 saturated carbocycles. The number of thioether (sulfide) groups is 1. The van der Waals surface area contributed by atoms with Gasteiger partial charge in [-0.3, -0.25) is 19.9 Å². The molecule has 1 amide bonds. The van der Waals surface area contributed by atoms with Crippen LogP contribution in [0.25, 0.3) is 0 Å². The summed E-state index contributed by atoms with van der Waals surface area (Å²) >= 11 is 1.33. The number of carbonyl (C=O) groups excluding carboxylic acids is 2. The summed E-state index contributed by atoms with van der Waals surface area (Å²) in [6.07, 6.45) is 3.37. The number of ether oxygens (including phenoxy) is 1. The third kappa shape index (κ3) is 5.24. The van der Waals surface area contributed by atoms with Crippen LogP contribution in [0.1, 0.15) is 37.4 Å². The van der Waals surface area contributed by atoms with E-state index in [2.05, 4.69) is 15.3 Å². The first kappa shape index (κ1) is 24.1. The fourth-order valence-corrected chi connectivity index (χ4v) is 4.86. The zero-order valence-electron chi connectivity index (χ0n) is 19.1. The molecule has 0 saturated heterocycles. The minimum Gasteiger partial charge on any atom is -0.463 e. The molecule has 0 aliphatic carbocycles. The number of amides is 1. The molecule has 2 aliphatic rings. The number of hydrogen-bond donors (Lipinski definition) is 1. The number of hydrogen-bond acceptors (Lipinski definition) is 9. The van der Waals surface area contributed by atoms with E-state index in [1.807, 2.05) is 11.5 Å². The van der Waals surface area contributed by atoms with Gasteiger partial charge in [-0.25, -0.2) is 9.79 Å². The van der Waals surface area contributed by atoms with Gasteiger partial charge in [0.1, 0.15) is 0 Å². The van der Waals surface area contributed by atoms with Crippen LogP contribution in [0.15, 0.2) is 76.2 Å². The van der Waals surface area contributed by atoms with E-state index in [0.717, 1.165) is 5.56 Å². The van der Waals surface area contributed by atoms with Crippen LogP contribution in [-0.2, 0) is 20.9 Å². The molecule has 0 spiro atoms. The van der Waals surface area contributed by atoms with Crippen molar-refractivity contribution in [3.63, 3.8) is 0 Å². The quantitative estimate of drug-likeness (QED) is 0.334. The number of fused-ring (bicyclic) bond motifs is 1. The second kappa shape index (κ2) is 10.5. The Balaban J connectivity index is 1.65. The molecule has 35 heavy (non-hydrogen) atoms. The number of nitrogens with one attached hydrogen (secondary N) is 1. The number of aliphatic imine (C=N–C) groups is 1. The number of nitrogens with zero attached hydrogens (tertiary/aromatic N) is 4. The van der Waals surface area contributed by atoms with Crippen LogP contribution < -0.4 is 5.32 Å². The summed E-state index contributed by atoms with van der Waals surface area (Å²) in [6.45, 7) is 3.91. The average molecular weight is 494 g/mol. The third-order valence-electron chi connectivity index (χ3n) is 5.45. The van der Waals surface area contributed by atoms with Gasteiger partial charge in [-0.2, -0.15) is 0 Å². The van der Waals surface area contributed by atoms with Crippen molar-refractivity contribution in [2.45, 2.75) is 32.9 Å². The highest BCUT2D eigenvalue weighted by atomic mass is 32.2. The normalized spacial score (nSPS) is 16.9. The minimum atomic E-state index is -0.728. The van der Waals surface area contributed by atoms with Gasteiger partial charge in [0, 0.05) is 36.8 Å². The Morgan fingerprint density at radius 3 is 2.83 bits per heavy atom. The number of nitro groups is 1. The van der Waals surface area contributed by atoms with E-state index in [0.29, 0.717) is 28.7 Å². The standard InChI is InChI=1S/C24H23N5O5S/c1-3-34-23(31)21-15(2)27-24-28(22(21)17-7-4-8-18(10-17)29(32)33)19(14-35-24)11-20(30)26-13-16-6-5-9-25-12-16/h4-10,12,14,22H,3,11,13H2,1-2H3,(H,26,30)/t22-/m1/s1. The van der Waals surface area contributed by atoms with Crippen molar-refractivity contribution < 1.29 is 19.2 Å². The van der Waals surface area contributed by atoms with Crippen molar-refractivity contribution in [3.8, 4) is 0 Å². The number of nitro benzene ring substituents is 1. The van der Waals surface area contributed by atoms with Crippen LogP contribution in [0.3, 0.4) is 0 Å². The van der Waals surface area contributed by atoms with E-state index < -0.39 is 16.9 Å². The molecule has 1 N–H and O–H groups in total. The highest BCUT2D eigenvalue weighted by Crippen LogP contribution is 2.45. The molecule has 11 heteroatoms. The number of rotatable bonds is 8. The lowest BCUT2D eigenvalue weighted by Crippen LogP contribution is -2.38. The molecular formula is C24H23N5O5S. The van der Waals surface area contributed by atoms with E-state index in [-0.39, 0.29) is 30.2 Å². The van der Waals surface area contributed by atoms with Gasteiger partial charge in [-0.15, -0.1) is 0 Å². The molecule has 0 radical (unpaired) electrons. The predicted octanol–water partition coefficient (Wildman–Crippen LogP) is 3.83. The second-order valence-corrected chi connectivity index (χ2v) is 8.62. The summed E-state index contributed by atoms with van der Waals surface area (Å²) in [5.41, 5.74) is 2.67. The molecule has 1 aromatic heterocycles. The summed E-state index contributed by atoms with van der Waals surface area (Å²) < 4.78 is 5.30. The number of carbonyl (C=O) groups is 2. The Morgan fingerprint density at radius 2 is 2.11 bits per heavy atom. The molecule has 0 bridgehead atoms. The van der Waals surface area contributed by atoms with E-state index in [9.17, 15) is 19.7 Å². The predicted molar refractivity (Wildman–Crippen MR) is 131 cm³/mol. The molecule has 1 aromatic carbocycles. The number of amidine groups is 1. The van der Waals surface area contributed by atoms with Gasteiger partial charge in [0.15, 0.2) is 5.17 Å². The molecule has 0 fully saturated rings. The molecule has 2 aromatic rings. The molecule has 3 heterocycles. The summed E-state index contributed by atoms with van der Waals surface area (Å²) in [5, 5.41) is 16.7. The van der Waals surface area contributed by atoms with Crippen LogP contribution >= 0.6 is 11.8 Å². The van der Waals surface area contributed by atoms with Gasteiger partial charge < -0.3 is 15.0 Å². The van der Waals surface area contributed by atoms with Crippen molar-refractivity contribution in [2.75, 3.05) is 6.61 Å². The first-order valence-electron chi connectivity index (χ1n) is 10.9. The van der Waals surface area contributed by atoms with Crippen LogP contribution in [0.4, 0.5) is 5.69 Å².